The van der Waals surface area contributed by atoms with Crippen LogP contribution in [0.1, 0.15) is 33.8 Å². The third-order valence-electron chi connectivity index (χ3n) is 5.92. The van der Waals surface area contributed by atoms with E-state index >= 15 is 0 Å². The Kier molecular flexibility index (Phi) is 8.85. The van der Waals surface area contributed by atoms with Gasteiger partial charge in [0.2, 0.25) is 0 Å². The Morgan fingerprint density at radius 3 is 2.58 bits per heavy atom. The number of nitrogens with one attached hydrogen (secondary N) is 2. The third-order valence-corrected chi connectivity index (χ3v) is 6.57. The zero-order chi connectivity index (χ0) is 26.9. The van der Waals surface area contributed by atoms with Gasteiger partial charge in [-0.05, 0) is 72.5 Å². The van der Waals surface area contributed by atoms with Gasteiger partial charge in [0, 0.05) is 24.0 Å². The summed E-state index contributed by atoms with van der Waals surface area (Å²) in [5, 5.41) is 24.2. The van der Waals surface area contributed by atoms with Gasteiger partial charge in [0.05, 0.1) is 30.2 Å². The normalized spacial score (nSPS) is 11.5. The monoisotopic (exact) mass is 529 g/mol. The fourth-order valence-electron chi connectivity index (χ4n) is 3.80. The molecular weight excluding hydrogens is 502 g/mol. The molecule has 0 spiro atoms. The van der Waals surface area contributed by atoms with E-state index in [1.165, 1.54) is 11.8 Å². The number of carbonyl (C=O) groups excluding carboxylic acids is 1. The molecule has 0 fully saturated rings. The van der Waals surface area contributed by atoms with Crippen LogP contribution >= 0.6 is 11.8 Å². The highest BCUT2D eigenvalue weighted by Crippen LogP contribution is 2.24. The van der Waals surface area contributed by atoms with E-state index in [0.29, 0.717) is 36.6 Å². The molecule has 0 unspecified atom stereocenters. The van der Waals surface area contributed by atoms with Crippen molar-refractivity contribution >= 4 is 29.3 Å². The lowest BCUT2D eigenvalue weighted by molar-refractivity contribution is -0.139. The summed E-state index contributed by atoms with van der Waals surface area (Å²) in [4.78, 5) is 28.2. The van der Waals surface area contributed by atoms with E-state index in [9.17, 15) is 14.7 Å². The van der Waals surface area contributed by atoms with E-state index in [1.807, 2.05) is 53.4 Å². The van der Waals surface area contributed by atoms with Gasteiger partial charge in [0.15, 0.2) is 5.76 Å². The van der Waals surface area contributed by atoms with Crippen LogP contribution in [0.4, 0.5) is 5.69 Å². The van der Waals surface area contributed by atoms with Crippen LogP contribution in [0.3, 0.4) is 0 Å². The lowest BCUT2D eigenvalue weighted by atomic mass is 10.1. The van der Waals surface area contributed by atoms with Crippen molar-refractivity contribution in [3.8, 4) is 17.4 Å². The molecular formula is C28H27N5O4S. The van der Waals surface area contributed by atoms with Crippen LogP contribution in [0, 0.1) is 11.3 Å². The molecule has 0 saturated carbocycles. The lowest BCUT2D eigenvalue weighted by Gasteiger charge is -2.12. The molecule has 0 saturated heterocycles. The number of hydrogen-bond donors (Lipinski definition) is 3. The van der Waals surface area contributed by atoms with Gasteiger partial charge in [-0.25, -0.2) is 9.78 Å². The van der Waals surface area contributed by atoms with E-state index < -0.39 is 17.9 Å². The maximum Gasteiger partial charge on any atom is 0.326 e. The van der Waals surface area contributed by atoms with Crippen molar-refractivity contribution in [2.75, 3.05) is 17.3 Å². The van der Waals surface area contributed by atoms with Gasteiger partial charge >= 0.3 is 5.97 Å². The van der Waals surface area contributed by atoms with Crippen molar-refractivity contribution in [3.63, 3.8) is 0 Å². The molecule has 0 bridgehead atoms. The summed E-state index contributed by atoms with van der Waals surface area (Å²) in [5.74, 6) is -0.424. The van der Waals surface area contributed by atoms with Crippen molar-refractivity contribution in [1.82, 2.24) is 14.9 Å². The third kappa shape index (κ3) is 6.83. The minimum Gasteiger partial charge on any atom is -0.480 e. The second-order valence-corrected chi connectivity index (χ2v) is 9.55. The largest absolute Gasteiger partial charge is 0.480 e. The Balaban J connectivity index is 1.34. The molecule has 4 aromatic rings. The topological polar surface area (TPSA) is 133 Å². The number of nitrogens with zero attached hydrogens (tertiary/aromatic N) is 3. The molecule has 194 valence electrons. The quantitative estimate of drug-likeness (QED) is 0.242. The number of aromatic nitrogens is 2. The Morgan fingerprint density at radius 1 is 1.13 bits per heavy atom. The second kappa shape index (κ2) is 12.7. The number of thioether (sulfide) groups is 1. The number of carbonyl (C=O) groups is 2. The Morgan fingerprint density at radius 2 is 1.89 bits per heavy atom. The van der Waals surface area contributed by atoms with Crippen LogP contribution in [-0.4, -0.2) is 44.6 Å². The number of benzene rings is 2. The average Bonchev–Trinajstić information content (AvgIpc) is 3.60. The van der Waals surface area contributed by atoms with E-state index in [-0.39, 0.29) is 5.76 Å². The van der Waals surface area contributed by atoms with Crippen LogP contribution in [0.15, 0.2) is 77.6 Å². The first-order valence-corrected chi connectivity index (χ1v) is 13.3. The summed E-state index contributed by atoms with van der Waals surface area (Å²) < 4.78 is 7.75. The molecule has 4 rings (SSSR count). The molecule has 9 nitrogen and oxygen atoms in total. The Hall–Kier alpha value is -4.49. The van der Waals surface area contributed by atoms with Gasteiger partial charge in [-0.2, -0.15) is 17.0 Å². The van der Waals surface area contributed by atoms with Gasteiger partial charge in [-0.3, -0.25) is 4.79 Å². The molecule has 2 heterocycles. The van der Waals surface area contributed by atoms with Crippen molar-refractivity contribution < 1.29 is 19.1 Å². The van der Waals surface area contributed by atoms with Crippen molar-refractivity contribution in [3.05, 3.63) is 95.8 Å². The molecule has 1 atom stereocenters. The lowest BCUT2D eigenvalue weighted by Crippen LogP contribution is -2.41. The van der Waals surface area contributed by atoms with E-state index in [2.05, 4.69) is 21.7 Å². The molecule has 10 heteroatoms. The fraction of sp³-hybridized carbons (Fsp3) is 0.214. The predicted octanol–water partition coefficient (Wildman–Crippen LogP) is 4.61. The molecule has 0 aliphatic heterocycles. The zero-order valence-corrected chi connectivity index (χ0v) is 21.6. The predicted molar refractivity (Wildman–Crippen MR) is 146 cm³/mol. The van der Waals surface area contributed by atoms with Gasteiger partial charge in [0.25, 0.3) is 5.91 Å². The molecule has 38 heavy (non-hydrogen) atoms. The van der Waals surface area contributed by atoms with Crippen LogP contribution in [0.25, 0.3) is 11.3 Å². The summed E-state index contributed by atoms with van der Waals surface area (Å²) in [6.45, 7) is 1.23. The smallest absolute Gasteiger partial charge is 0.326 e. The van der Waals surface area contributed by atoms with Crippen LogP contribution < -0.4 is 10.6 Å². The molecule has 0 aliphatic rings. The van der Waals surface area contributed by atoms with E-state index in [4.69, 9.17) is 9.68 Å². The first-order valence-electron chi connectivity index (χ1n) is 11.9. The highest BCUT2D eigenvalue weighted by Gasteiger charge is 2.22. The van der Waals surface area contributed by atoms with Crippen LogP contribution in [0.5, 0.6) is 0 Å². The highest BCUT2D eigenvalue weighted by molar-refractivity contribution is 7.98. The number of carboxylic acid groups (broad SMARTS) is 1. The van der Waals surface area contributed by atoms with Crippen molar-refractivity contribution in [2.45, 2.75) is 25.6 Å². The maximum absolute atomic E-state index is 12.5. The van der Waals surface area contributed by atoms with Gasteiger partial charge < -0.3 is 24.7 Å². The fourth-order valence-corrected chi connectivity index (χ4v) is 4.27. The van der Waals surface area contributed by atoms with E-state index in [0.717, 1.165) is 22.5 Å². The number of nitriles is 1. The molecule has 0 radical (unpaired) electrons. The van der Waals surface area contributed by atoms with Gasteiger partial charge in [-0.1, -0.05) is 12.1 Å². The minimum absolute atomic E-state index is 0.0631. The first kappa shape index (κ1) is 26.6. The second-order valence-electron chi connectivity index (χ2n) is 8.56. The number of carboxylic acids is 1. The summed E-state index contributed by atoms with van der Waals surface area (Å²) >= 11 is 1.52. The van der Waals surface area contributed by atoms with E-state index in [1.54, 1.807) is 30.6 Å². The average molecular weight is 530 g/mol. The molecule has 2 aromatic heterocycles. The van der Waals surface area contributed by atoms with Crippen LogP contribution in [0.2, 0.25) is 0 Å². The molecule has 2 aromatic carbocycles. The van der Waals surface area contributed by atoms with Gasteiger partial charge in [-0.15, -0.1) is 0 Å². The zero-order valence-electron chi connectivity index (χ0n) is 20.8. The summed E-state index contributed by atoms with van der Waals surface area (Å²) in [6, 6.07) is 19.5. The maximum atomic E-state index is 12.5. The number of anilines is 1. The van der Waals surface area contributed by atoms with Crippen molar-refractivity contribution in [1.29, 1.82) is 5.26 Å². The van der Waals surface area contributed by atoms with Crippen LogP contribution in [-0.2, 0) is 17.9 Å². The summed E-state index contributed by atoms with van der Waals surface area (Å²) in [5.41, 5.74) is 4.42. The standard InChI is InChI=1S/C28H27N5O4S/c1-38-13-12-24(28(35)36)32-27(34)26-11-10-25(37-26)21-6-8-22(9-7-21)31-16-23-15-30-18-33(23)17-20-4-2-19(14-29)3-5-20/h2-11,15,18,24,31H,12-13,16-17H2,1H3,(H,32,34)(H,35,36)/t24-/m0/s1. The Bertz CT molecular complexity index is 1420. The van der Waals surface area contributed by atoms with Crippen molar-refractivity contribution in [2.24, 2.45) is 0 Å². The van der Waals surface area contributed by atoms with Gasteiger partial charge in [0.1, 0.15) is 11.8 Å². The number of amides is 1. The molecule has 0 aliphatic carbocycles. The summed E-state index contributed by atoms with van der Waals surface area (Å²) in [6.07, 6.45) is 5.82. The number of imidazole rings is 1. The highest BCUT2D eigenvalue weighted by atomic mass is 32.2. The number of hydrogen-bond acceptors (Lipinski definition) is 7. The number of rotatable bonds is 12. The SMILES string of the molecule is CSCC[C@H](NC(=O)c1ccc(-c2ccc(NCc3cncn3Cc3ccc(C#N)cc3)cc2)o1)C(=O)O. The first-order chi connectivity index (χ1) is 18.5. The number of aliphatic carboxylic acids is 1. The minimum atomic E-state index is -1.07. The molecule has 1 amide bonds. The molecule has 3 N–H and O–H groups in total. The number of furan rings is 1. The Labute approximate surface area is 224 Å². The summed E-state index contributed by atoms with van der Waals surface area (Å²) in [7, 11) is 0.